The highest BCUT2D eigenvalue weighted by Crippen LogP contribution is 2.37. The van der Waals surface area contributed by atoms with E-state index < -0.39 is 17.7 Å². The van der Waals surface area contributed by atoms with Crippen LogP contribution >= 0.6 is 11.3 Å². The number of hydrogen-bond acceptors (Lipinski definition) is 6. The Kier molecular flexibility index (Phi) is 7.30. The Morgan fingerprint density at radius 3 is 2.61 bits per heavy atom. The molecule has 0 radical (unpaired) electrons. The lowest BCUT2D eigenvalue weighted by molar-refractivity contribution is -0.137. The highest BCUT2D eigenvalue weighted by Gasteiger charge is 2.32. The Balaban J connectivity index is 1.54. The van der Waals surface area contributed by atoms with Crippen molar-refractivity contribution < 1.29 is 27.8 Å². The van der Waals surface area contributed by atoms with E-state index in [0.717, 1.165) is 22.7 Å². The third-order valence-corrected chi connectivity index (χ3v) is 6.52. The molecule has 2 aromatic carbocycles. The fourth-order valence-corrected chi connectivity index (χ4v) is 4.40. The standard InChI is InChI=1S/C25H23F3N4O3S/c1-16-22(15-32-14-18(13-29-32)24(33)34)30-23(36-16)17-10-19(25(26,27)28)12-21(11-17)35-9-8-31(2)20-6-4-3-5-7-20/h3-7,10-14H,8-9,15H2,1-2H3,(H,33,34). The zero-order valence-electron chi connectivity index (χ0n) is 19.5. The van der Waals surface area contributed by atoms with Gasteiger partial charge >= 0.3 is 12.1 Å². The Morgan fingerprint density at radius 2 is 1.94 bits per heavy atom. The third kappa shape index (κ3) is 6.03. The first-order chi connectivity index (χ1) is 17.1. The molecule has 11 heteroatoms. The van der Waals surface area contributed by atoms with Gasteiger partial charge < -0.3 is 14.7 Å². The number of ether oxygens (including phenoxy) is 1. The van der Waals surface area contributed by atoms with Gasteiger partial charge in [0.1, 0.15) is 17.4 Å². The Bertz CT molecular complexity index is 1350. The van der Waals surface area contributed by atoms with Crippen LogP contribution in [0.4, 0.5) is 18.9 Å². The number of anilines is 1. The van der Waals surface area contributed by atoms with Crippen LogP contribution in [0, 0.1) is 6.92 Å². The number of aromatic carboxylic acids is 1. The van der Waals surface area contributed by atoms with Crippen molar-refractivity contribution in [2.45, 2.75) is 19.6 Å². The van der Waals surface area contributed by atoms with Crippen molar-refractivity contribution in [3.63, 3.8) is 0 Å². The smallest absolute Gasteiger partial charge is 0.416 e. The molecule has 0 saturated heterocycles. The third-order valence-electron chi connectivity index (χ3n) is 5.46. The summed E-state index contributed by atoms with van der Waals surface area (Å²) >= 11 is 1.25. The number of nitrogens with zero attached hydrogens (tertiary/aromatic N) is 4. The zero-order valence-corrected chi connectivity index (χ0v) is 20.3. The molecule has 0 spiro atoms. The summed E-state index contributed by atoms with van der Waals surface area (Å²) in [6, 6.07) is 13.2. The van der Waals surface area contributed by atoms with Crippen LogP contribution in [-0.4, -0.2) is 46.0 Å². The van der Waals surface area contributed by atoms with Crippen LogP contribution in [0.2, 0.25) is 0 Å². The van der Waals surface area contributed by atoms with Crippen LogP contribution in [0.3, 0.4) is 0 Å². The maximum atomic E-state index is 13.6. The molecule has 0 amide bonds. The van der Waals surface area contributed by atoms with Crippen LogP contribution in [0.5, 0.6) is 5.75 Å². The number of aryl methyl sites for hydroxylation is 1. The minimum Gasteiger partial charge on any atom is -0.492 e. The van der Waals surface area contributed by atoms with Crippen molar-refractivity contribution in [2.75, 3.05) is 25.1 Å². The molecule has 4 rings (SSSR count). The van der Waals surface area contributed by atoms with Crippen LogP contribution in [-0.2, 0) is 12.7 Å². The summed E-state index contributed by atoms with van der Waals surface area (Å²) in [6.45, 7) is 2.68. The summed E-state index contributed by atoms with van der Waals surface area (Å²) < 4.78 is 48.1. The average molecular weight is 517 g/mol. The molecule has 1 N–H and O–H groups in total. The zero-order chi connectivity index (χ0) is 25.9. The van der Waals surface area contributed by atoms with E-state index in [1.54, 1.807) is 6.07 Å². The lowest BCUT2D eigenvalue weighted by Gasteiger charge is -2.20. The molecule has 0 atom stereocenters. The van der Waals surface area contributed by atoms with E-state index in [4.69, 9.17) is 9.84 Å². The van der Waals surface area contributed by atoms with Crippen LogP contribution < -0.4 is 9.64 Å². The molecule has 0 unspecified atom stereocenters. The van der Waals surface area contributed by atoms with E-state index >= 15 is 0 Å². The number of carboxylic acid groups (broad SMARTS) is 1. The van der Waals surface area contributed by atoms with Crippen LogP contribution in [0.25, 0.3) is 10.6 Å². The van der Waals surface area contributed by atoms with Crippen LogP contribution in [0.1, 0.15) is 26.5 Å². The molecule has 0 fully saturated rings. The number of para-hydroxylation sites is 1. The first-order valence-corrected chi connectivity index (χ1v) is 11.8. The fraction of sp³-hybridized carbons (Fsp3) is 0.240. The molecular weight excluding hydrogens is 493 g/mol. The number of rotatable bonds is 9. The number of aromatic nitrogens is 3. The normalized spacial score (nSPS) is 11.5. The number of halogens is 3. The Labute approximate surface area is 209 Å². The maximum Gasteiger partial charge on any atom is 0.416 e. The summed E-state index contributed by atoms with van der Waals surface area (Å²) in [5.74, 6) is -0.989. The van der Waals surface area contributed by atoms with Gasteiger partial charge in [0.15, 0.2) is 0 Å². The Hall–Kier alpha value is -3.86. The number of hydrogen-bond donors (Lipinski definition) is 1. The van der Waals surface area contributed by atoms with Gasteiger partial charge in [-0.1, -0.05) is 18.2 Å². The molecule has 188 valence electrons. The summed E-state index contributed by atoms with van der Waals surface area (Å²) in [7, 11) is 1.88. The van der Waals surface area contributed by atoms with Gasteiger partial charge in [0.05, 0.1) is 36.1 Å². The van der Waals surface area contributed by atoms with E-state index in [0.29, 0.717) is 22.8 Å². The second kappa shape index (κ2) is 10.4. The minimum absolute atomic E-state index is 0.0423. The van der Waals surface area contributed by atoms with E-state index in [2.05, 4.69) is 10.1 Å². The average Bonchev–Trinajstić information content (AvgIpc) is 3.46. The molecule has 0 saturated carbocycles. The van der Waals surface area contributed by atoms with Crippen molar-refractivity contribution in [3.8, 4) is 16.3 Å². The largest absolute Gasteiger partial charge is 0.492 e. The summed E-state index contributed by atoms with van der Waals surface area (Å²) in [5.41, 5.74) is 1.09. The number of alkyl halides is 3. The lowest BCUT2D eigenvalue weighted by Crippen LogP contribution is -2.23. The second-order valence-corrected chi connectivity index (χ2v) is 9.31. The molecule has 2 heterocycles. The number of benzene rings is 2. The summed E-state index contributed by atoms with van der Waals surface area (Å²) in [4.78, 5) is 18.3. The molecular formula is C25H23F3N4O3S. The van der Waals surface area contributed by atoms with Gasteiger partial charge in [-0.25, -0.2) is 9.78 Å². The van der Waals surface area contributed by atoms with Crippen molar-refractivity contribution in [1.82, 2.24) is 14.8 Å². The predicted octanol–water partition coefficient (Wildman–Crippen LogP) is 5.60. The van der Waals surface area contributed by atoms with Gasteiger partial charge in [0.2, 0.25) is 0 Å². The molecule has 7 nitrogen and oxygen atoms in total. The van der Waals surface area contributed by atoms with Crippen molar-refractivity contribution in [2.24, 2.45) is 0 Å². The topological polar surface area (TPSA) is 80.5 Å². The SMILES string of the molecule is Cc1sc(-c2cc(OCCN(C)c3ccccc3)cc(C(F)(F)F)c2)nc1Cn1cc(C(=O)O)cn1. The molecule has 0 aliphatic carbocycles. The van der Waals surface area contributed by atoms with Crippen molar-refractivity contribution in [3.05, 3.63) is 82.6 Å². The lowest BCUT2D eigenvalue weighted by atomic mass is 10.1. The number of carboxylic acids is 1. The van der Waals surface area contributed by atoms with Crippen LogP contribution in [0.15, 0.2) is 60.9 Å². The molecule has 4 aromatic rings. The number of likely N-dealkylation sites (N-methyl/N-ethyl adjacent to an activating group) is 1. The monoisotopic (exact) mass is 516 g/mol. The van der Waals surface area contributed by atoms with Gasteiger partial charge in [-0.05, 0) is 37.3 Å². The number of thiazole rings is 1. The van der Waals surface area contributed by atoms with Gasteiger partial charge in [0.25, 0.3) is 0 Å². The number of carbonyl (C=O) groups is 1. The first kappa shape index (κ1) is 25.2. The van der Waals surface area contributed by atoms with Crippen molar-refractivity contribution in [1.29, 1.82) is 0 Å². The highest BCUT2D eigenvalue weighted by molar-refractivity contribution is 7.15. The first-order valence-electron chi connectivity index (χ1n) is 10.9. The van der Waals surface area contributed by atoms with Crippen molar-refractivity contribution >= 4 is 23.0 Å². The molecule has 0 aliphatic rings. The quantitative estimate of drug-likeness (QED) is 0.312. The molecule has 2 aromatic heterocycles. The maximum absolute atomic E-state index is 13.6. The van der Waals surface area contributed by atoms with E-state index in [1.165, 1.54) is 28.4 Å². The van der Waals surface area contributed by atoms with E-state index in [9.17, 15) is 18.0 Å². The Morgan fingerprint density at radius 1 is 1.19 bits per heavy atom. The second-order valence-electron chi connectivity index (χ2n) is 8.10. The van der Waals surface area contributed by atoms with Gasteiger partial charge in [0, 0.05) is 29.4 Å². The highest BCUT2D eigenvalue weighted by atomic mass is 32.1. The molecule has 36 heavy (non-hydrogen) atoms. The molecule has 0 bridgehead atoms. The predicted molar refractivity (Wildman–Crippen MR) is 131 cm³/mol. The van der Waals surface area contributed by atoms with Gasteiger partial charge in [-0.2, -0.15) is 18.3 Å². The summed E-state index contributed by atoms with van der Waals surface area (Å²) in [6.07, 6.45) is -1.94. The summed E-state index contributed by atoms with van der Waals surface area (Å²) in [5, 5.41) is 13.5. The van der Waals surface area contributed by atoms with E-state index in [1.807, 2.05) is 49.2 Å². The molecule has 0 aliphatic heterocycles. The van der Waals surface area contributed by atoms with Gasteiger partial charge in [-0.15, -0.1) is 11.3 Å². The minimum atomic E-state index is -4.55. The van der Waals surface area contributed by atoms with Gasteiger partial charge in [-0.3, -0.25) is 4.68 Å². The van der Waals surface area contributed by atoms with E-state index in [-0.39, 0.29) is 24.5 Å². The fourth-order valence-electron chi connectivity index (χ4n) is 3.49.